The zero-order valence-corrected chi connectivity index (χ0v) is 14.9. The average molecular weight is 363 g/mol. The first kappa shape index (κ1) is 16.8. The Morgan fingerprint density at radius 1 is 1.26 bits per heavy atom. The van der Waals surface area contributed by atoms with Gasteiger partial charge in [0.2, 0.25) is 17.5 Å². The lowest BCUT2D eigenvalue weighted by Crippen LogP contribution is -2.31. The quantitative estimate of drug-likeness (QED) is 0.535. The monoisotopic (exact) mass is 363 g/mol. The van der Waals surface area contributed by atoms with Gasteiger partial charge in [-0.25, -0.2) is 9.50 Å². The van der Waals surface area contributed by atoms with Gasteiger partial charge in [0.05, 0.1) is 0 Å². The van der Waals surface area contributed by atoms with Gasteiger partial charge in [-0.05, 0) is 26.0 Å². The molecule has 3 aromatic heterocycles. The zero-order valence-electron chi connectivity index (χ0n) is 14.9. The molecule has 0 N–H and O–H groups in total. The van der Waals surface area contributed by atoms with E-state index in [1.54, 1.807) is 23.4 Å². The number of hydrogen-bond acceptors (Lipinski definition) is 7. The van der Waals surface area contributed by atoms with Crippen LogP contribution in [-0.2, 0) is 6.54 Å². The average Bonchev–Trinajstić information content (AvgIpc) is 3.32. The maximum atomic E-state index is 12.7. The normalized spacial score (nSPS) is 11.0. The first-order valence-electron chi connectivity index (χ1n) is 8.50. The van der Waals surface area contributed by atoms with Gasteiger partial charge in [-0.15, -0.1) is 5.10 Å². The molecule has 0 aliphatic rings. The van der Waals surface area contributed by atoms with Gasteiger partial charge in [0.1, 0.15) is 6.54 Å². The van der Waals surface area contributed by atoms with E-state index in [-0.39, 0.29) is 18.3 Å². The van der Waals surface area contributed by atoms with Crippen molar-refractivity contribution >= 4 is 11.7 Å². The van der Waals surface area contributed by atoms with E-state index >= 15 is 0 Å². The molecule has 0 aliphatic carbocycles. The Morgan fingerprint density at radius 3 is 2.93 bits per heavy atom. The van der Waals surface area contributed by atoms with Crippen LogP contribution in [0, 0.1) is 6.92 Å². The molecule has 9 heteroatoms. The Kier molecular flexibility index (Phi) is 4.33. The fourth-order valence-electron chi connectivity index (χ4n) is 2.68. The molecule has 0 saturated heterocycles. The van der Waals surface area contributed by atoms with Crippen LogP contribution in [0.25, 0.3) is 17.2 Å². The van der Waals surface area contributed by atoms with E-state index in [1.807, 2.05) is 38.1 Å². The number of hydrogen-bond donors (Lipinski definition) is 0. The molecule has 0 radical (unpaired) electrons. The van der Waals surface area contributed by atoms with E-state index in [2.05, 4.69) is 25.2 Å². The highest BCUT2D eigenvalue weighted by molar-refractivity contribution is 5.90. The minimum atomic E-state index is -0.321. The maximum absolute atomic E-state index is 12.7. The summed E-state index contributed by atoms with van der Waals surface area (Å²) in [5, 5.41) is 8.18. The SMILES string of the molecule is CCN(Cc1nc(-c2cccc(C)c2)no1)C(=O)c1nc2ncccn2n1. The Balaban J connectivity index is 1.54. The molecule has 1 aromatic carbocycles. The van der Waals surface area contributed by atoms with Crippen molar-refractivity contribution in [1.82, 2.24) is 34.6 Å². The van der Waals surface area contributed by atoms with Crippen LogP contribution in [0.4, 0.5) is 0 Å². The molecule has 27 heavy (non-hydrogen) atoms. The van der Waals surface area contributed by atoms with Gasteiger partial charge in [-0.1, -0.05) is 28.9 Å². The number of fused-ring (bicyclic) bond motifs is 1. The summed E-state index contributed by atoms with van der Waals surface area (Å²) in [6.45, 7) is 4.49. The highest BCUT2D eigenvalue weighted by Crippen LogP contribution is 2.18. The summed E-state index contributed by atoms with van der Waals surface area (Å²) in [6, 6.07) is 9.55. The number of carbonyl (C=O) groups excluding carboxylic acids is 1. The first-order chi connectivity index (χ1) is 13.1. The van der Waals surface area contributed by atoms with Gasteiger partial charge in [-0.3, -0.25) is 4.79 Å². The molecule has 4 aromatic rings. The van der Waals surface area contributed by atoms with Crippen LogP contribution in [0.1, 0.15) is 29.0 Å². The molecule has 0 aliphatic heterocycles. The number of nitrogens with zero attached hydrogens (tertiary/aromatic N) is 7. The van der Waals surface area contributed by atoms with Crippen molar-refractivity contribution in [3.8, 4) is 11.4 Å². The molecule has 136 valence electrons. The Labute approximate surface area is 154 Å². The van der Waals surface area contributed by atoms with E-state index in [4.69, 9.17) is 4.52 Å². The molecule has 0 fully saturated rings. The third kappa shape index (κ3) is 3.39. The van der Waals surface area contributed by atoms with Gasteiger partial charge in [0.25, 0.3) is 11.7 Å². The number of aromatic nitrogens is 6. The molecule has 0 spiro atoms. The van der Waals surface area contributed by atoms with E-state index in [0.29, 0.717) is 24.0 Å². The Morgan fingerprint density at radius 2 is 2.15 bits per heavy atom. The predicted octanol–water partition coefficient (Wildman–Crippen LogP) is 2.15. The lowest BCUT2D eigenvalue weighted by atomic mass is 10.1. The van der Waals surface area contributed by atoms with Crippen LogP contribution >= 0.6 is 0 Å². The number of benzene rings is 1. The van der Waals surface area contributed by atoms with Crippen LogP contribution in [0.3, 0.4) is 0 Å². The van der Waals surface area contributed by atoms with Crippen molar-refractivity contribution < 1.29 is 9.32 Å². The summed E-state index contributed by atoms with van der Waals surface area (Å²) in [6.07, 6.45) is 3.29. The molecule has 0 saturated carbocycles. The van der Waals surface area contributed by atoms with Crippen molar-refractivity contribution in [1.29, 1.82) is 0 Å². The second-order valence-electron chi connectivity index (χ2n) is 6.00. The summed E-state index contributed by atoms with van der Waals surface area (Å²) >= 11 is 0. The predicted molar refractivity (Wildman–Crippen MR) is 95.7 cm³/mol. The minimum absolute atomic E-state index is 0.0778. The van der Waals surface area contributed by atoms with Gasteiger partial charge < -0.3 is 9.42 Å². The van der Waals surface area contributed by atoms with Crippen molar-refractivity contribution in [2.24, 2.45) is 0 Å². The van der Waals surface area contributed by atoms with Gasteiger partial charge in [-0.2, -0.15) is 9.97 Å². The standard InChI is InChI=1S/C18H17N7O2/c1-3-24(17(26)16-21-18-19-8-5-9-25(18)22-16)11-14-20-15(23-27-14)13-7-4-6-12(2)10-13/h4-10H,3,11H2,1-2H3. The van der Waals surface area contributed by atoms with Crippen molar-refractivity contribution in [3.63, 3.8) is 0 Å². The third-order valence-corrected chi connectivity index (χ3v) is 4.05. The largest absolute Gasteiger partial charge is 0.337 e. The van der Waals surface area contributed by atoms with Gasteiger partial charge >= 0.3 is 0 Å². The highest BCUT2D eigenvalue weighted by atomic mass is 16.5. The summed E-state index contributed by atoms with van der Waals surface area (Å²) in [5.74, 6) is 0.972. The fourth-order valence-corrected chi connectivity index (χ4v) is 2.68. The molecular weight excluding hydrogens is 346 g/mol. The maximum Gasteiger partial charge on any atom is 0.294 e. The molecule has 3 heterocycles. The van der Waals surface area contributed by atoms with Crippen LogP contribution in [0.2, 0.25) is 0 Å². The topological polar surface area (TPSA) is 102 Å². The summed E-state index contributed by atoms with van der Waals surface area (Å²) in [4.78, 5) is 26.9. The summed E-state index contributed by atoms with van der Waals surface area (Å²) in [5.41, 5.74) is 1.98. The second kappa shape index (κ2) is 6.94. The van der Waals surface area contributed by atoms with Crippen LogP contribution in [0.15, 0.2) is 47.2 Å². The summed E-state index contributed by atoms with van der Waals surface area (Å²) in [7, 11) is 0. The first-order valence-corrected chi connectivity index (χ1v) is 8.50. The smallest absolute Gasteiger partial charge is 0.294 e. The van der Waals surface area contributed by atoms with E-state index in [1.165, 1.54) is 4.52 Å². The lowest BCUT2D eigenvalue weighted by molar-refractivity contribution is 0.0722. The highest BCUT2D eigenvalue weighted by Gasteiger charge is 2.22. The van der Waals surface area contributed by atoms with E-state index in [0.717, 1.165) is 11.1 Å². The van der Waals surface area contributed by atoms with Crippen LogP contribution < -0.4 is 0 Å². The molecule has 9 nitrogen and oxygen atoms in total. The second-order valence-corrected chi connectivity index (χ2v) is 6.00. The number of aryl methyl sites for hydroxylation is 1. The van der Waals surface area contributed by atoms with Gasteiger partial charge in [0, 0.05) is 24.5 Å². The van der Waals surface area contributed by atoms with E-state index in [9.17, 15) is 4.79 Å². The molecule has 1 amide bonds. The molecule has 0 bridgehead atoms. The lowest BCUT2D eigenvalue weighted by Gasteiger charge is -2.16. The number of amides is 1. The molecular formula is C18H17N7O2. The van der Waals surface area contributed by atoms with Gasteiger partial charge in [0.15, 0.2) is 0 Å². The zero-order chi connectivity index (χ0) is 18.8. The molecule has 0 unspecified atom stereocenters. The number of carbonyl (C=O) groups is 1. The summed E-state index contributed by atoms with van der Waals surface area (Å²) < 4.78 is 6.78. The Bertz CT molecular complexity index is 1070. The number of rotatable bonds is 5. The van der Waals surface area contributed by atoms with Crippen molar-refractivity contribution in [2.75, 3.05) is 6.54 Å². The van der Waals surface area contributed by atoms with E-state index < -0.39 is 0 Å². The van der Waals surface area contributed by atoms with Crippen LogP contribution in [-0.4, -0.2) is 47.1 Å². The minimum Gasteiger partial charge on any atom is -0.337 e. The third-order valence-electron chi connectivity index (χ3n) is 4.05. The van der Waals surface area contributed by atoms with Crippen molar-refractivity contribution in [2.45, 2.75) is 20.4 Å². The Hall–Kier alpha value is -3.62. The fraction of sp³-hybridized carbons (Fsp3) is 0.222. The molecule has 4 rings (SSSR count). The molecule has 0 atom stereocenters. The van der Waals surface area contributed by atoms with Crippen molar-refractivity contribution in [3.05, 3.63) is 60.0 Å². The van der Waals surface area contributed by atoms with Crippen LogP contribution in [0.5, 0.6) is 0 Å².